The monoisotopic (exact) mass is 290 g/mol. The lowest BCUT2D eigenvalue weighted by atomic mass is 10.0. The molecule has 0 aliphatic carbocycles. The molecule has 2 rings (SSSR count). The first kappa shape index (κ1) is 16.0. The second-order valence-corrected chi connectivity index (χ2v) is 5.59. The molecule has 0 amide bonds. The molecular weight excluding hydrogens is 267 g/mol. The van der Waals surface area contributed by atoms with Crippen molar-refractivity contribution in [3.63, 3.8) is 0 Å². The Hall–Kier alpha value is -1.41. The van der Waals surface area contributed by atoms with Crippen molar-refractivity contribution in [2.75, 3.05) is 33.4 Å². The van der Waals surface area contributed by atoms with E-state index in [1.165, 1.54) is 18.6 Å². The molecule has 1 aliphatic heterocycles. The van der Waals surface area contributed by atoms with Gasteiger partial charge in [0.1, 0.15) is 5.82 Å². The highest BCUT2D eigenvalue weighted by atomic mass is 19.1. The Morgan fingerprint density at radius 2 is 2.33 bits per heavy atom. The Bertz CT molecular complexity index is 515. The van der Waals surface area contributed by atoms with Gasteiger partial charge in [0.05, 0.1) is 13.2 Å². The van der Waals surface area contributed by atoms with Crippen molar-refractivity contribution in [1.29, 1.82) is 0 Å². The summed E-state index contributed by atoms with van der Waals surface area (Å²) in [6.07, 6.45) is 2.36. The van der Waals surface area contributed by atoms with E-state index in [2.05, 4.69) is 23.8 Å². The zero-order chi connectivity index (χ0) is 15.1. The second kappa shape index (κ2) is 8.14. The zero-order valence-electron chi connectivity index (χ0n) is 12.6. The summed E-state index contributed by atoms with van der Waals surface area (Å²) in [6, 6.07) is 4.78. The molecule has 0 spiro atoms. The third-order valence-electron chi connectivity index (χ3n) is 3.66. The fourth-order valence-electron chi connectivity index (χ4n) is 2.70. The van der Waals surface area contributed by atoms with Gasteiger partial charge in [0, 0.05) is 25.3 Å². The summed E-state index contributed by atoms with van der Waals surface area (Å²) >= 11 is 0. The smallest absolute Gasteiger partial charge is 0.124 e. The second-order valence-electron chi connectivity index (χ2n) is 5.59. The molecule has 1 atom stereocenters. The van der Waals surface area contributed by atoms with E-state index in [-0.39, 0.29) is 12.4 Å². The normalized spacial score (nSPS) is 18.4. The minimum absolute atomic E-state index is 0.261. The van der Waals surface area contributed by atoms with E-state index in [0.717, 1.165) is 43.9 Å². The van der Waals surface area contributed by atoms with Crippen molar-refractivity contribution in [3.8, 4) is 11.8 Å². The molecule has 2 N–H and O–H groups in total. The lowest BCUT2D eigenvalue weighted by molar-refractivity contribution is 0.0411. The number of rotatable bonds is 4. The van der Waals surface area contributed by atoms with Crippen LogP contribution in [0.25, 0.3) is 0 Å². The highest BCUT2D eigenvalue weighted by molar-refractivity contribution is 5.41. The van der Waals surface area contributed by atoms with Gasteiger partial charge in [0.2, 0.25) is 0 Å². The zero-order valence-corrected chi connectivity index (χ0v) is 12.6. The Labute approximate surface area is 126 Å². The molecule has 0 bridgehead atoms. The van der Waals surface area contributed by atoms with E-state index in [4.69, 9.17) is 10.5 Å². The third-order valence-corrected chi connectivity index (χ3v) is 3.66. The molecule has 1 heterocycles. The molecule has 1 aromatic carbocycles. The fourth-order valence-corrected chi connectivity index (χ4v) is 2.70. The summed E-state index contributed by atoms with van der Waals surface area (Å²) in [4.78, 5) is 2.25. The number of nitrogens with two attached hydrogens (primary N) is 1. The lowest BCUT2D eigenvalue weighted by Gasteiger charge is -2.27. The molecule has 0 aromatic heterocycles. The van der Waals surface area contributed by atoms with Crippen LogP contribution in [0.5, 0.6) is 0 Å². The van der Waals surface area contributed by atoms with Gasteiger partial charge < -0.3 is 15.4 Å². The molecule has 4 heteroatoms. The number of halogens is 1. The average Bonchev–Trinajstić information content (AvgIpc) is 2.48. The number of hydrogen-bond acceptors (Lipinski definition) is 3. The van der Waals surface area contributed by atoms with Gasteiger partial charge in [-0.25, -0.2) is 4.39 Å². The van der Waals surface area contributed by atoms with Crippen molar-refractivity contribution in [2.45, 2.75) is 19.4 Å². The molecule has 3 nitrogen and oxygen atoms in total. The van der Waals surface area contributed by atoms with E-state index in [1.807, 2.05) is 6.07 Å². The first-order chi connectivity index (χ1) is 10.2. The minimum atomic E-state index is -0.261. The fraction of sp³-hybridized carbons (Fsp3) is 0.529. The van der Waals surface area contributed by atoms with E-state index < -0.39 is 0 Å². The summed E-state index contributed by atoms with van der Waals surface area (Å²) in [6.45, 7) is 3.75. The lowest BCUT2D eigenvalue weighted by Crippen LogP contribution is -2.30. The Morgan fingerprint density at radius 3 is 3.05 bits per heavy atom. The van der Waals surface area contributed by atoms with E-state index >= 15 is 0 Å². The summed E-state index contributed by atoms with van der Waals surface area (Å²) in [5, 5.41) is 0. The molecule has 114 valence electrons. The maximum absolute atomic E-state index is 13.4. The first-order valence-corrected chi connectivity index (χ1v) is 7.42. The predicted octanol–water partition coefficient (Wildman–Crippen LogP) is 1.99. The largest absolute Gasteiger partial charge is 0.381 e. The maximum atomic E-state index is 13.4. The maximum Gasteiger partial charge on any atom is 0.124 e. The van der Waals surface area contributed by atoms with Crippen LogP contribution in [0.2, 0.25) is 0 Å². The van der Waals surface area contributed by atoms with Crippen molar-refractivity contribution in [1.82, 2.24) is 4.90 Å². The first-order valence-electron chi connectivity index (χ1n) is 7.42. The Kier molecular flexibility index (Phi) is 6.19. The molecule has 21 heavy (non-hydrogen) atoms. The minimum Gasteiger partial charge on any atom is -0.381 e. The summed E-state index contributed by atoms with van der Waals surface area (Å²) in [5.74, 6) is 6.08. The van der Waals surface area contributed by atoms with E-state index in [1.54, 1.807) is 0 Å². The van der Waals surface area contributed by atoms with Gasteiger partial charge in [-0.15, -0.1) is 0 Å². The quantitative estimate of drug-likeness (QED) is 0.862. The van der Waals surface area contributed by atoms with Crippen LogP contribution >= 0.6 is 0 Å². The van der Waals surface area contributed by atoms with Crippen LogP contribution < -0.4 is 5.73 Å². The Morgan fingerprint density at radius 1 is 1.48 bits per heavy atom. The molecule has 0 saturated carbocycles. The molecule has 0 radical (unpaired) electrons. The van der Waals surface area contributed by atoms with E-state index in [9.17, 15) is 4.39 Å². The number of nitrogens with zero attached hydrogens (tertiary/aromatic N) is 1. The van der Waals surface area contributed by atoms with Crippen molar-refractivity contribution >= 4 is 0 Å². The highest BCUT2D eigenvalue weighted by Crippen LogP contribution is 2.17. The third kappa shape index (κ3) is 5.13. The van der Waals surface area contributed by atoms with Crippen LogP contribution in [-0.2, 0) is 11.3 Å². The van der Waals surface area contributed by atoms with E-state index in [0.29, 0.717) is 5.92 Å². The van der Waals surface area contributed by atoms with Gasteiger partial charge in [0.25, 0.3) is 0 Å². The topological polar surface area (TPSA) is 38.5 Å². The van der Waals surface area contributed by atoms with Crippen LogP contribution in [0.15, 0.2) is 18.2 Å². The van der Waals surface area contributed by atoms with Gasteiger partial charge in [-0.1, -0.05) is 17.9 Å². The Balaban J connectivity index is 2.00. The van der Waals surface area contributed by atoms with Crippen LogP contribution in [0.1, 0.15) is 24.0 Å². The predicted molar refractivity (Wildman–Crippen MR) is 82.2 cm³/mol. The van der Waals surface area contributed by atoms with Crippen molar-refractivity contribution in [3.05, 3.63) is 35.1 Å². The van der Waals surface area contributed by atoms with Crippen LogP contribution in [0.3, 0.4) is 0 Å². The molecular formula is C17H23FN2O. The molecule has 1 unspecified atom stereocenters. The van der Waals surface area contributed by atoms with Crippen LogP contribution in [0, 0.1) is 23.6 Å². The number of hydrogen-bond donors (Lipinski definition) is 1. The van der Waals surface area contributed by atoms with Gasteiger partial charge in [-0.05, 0) is 43.5 Å². The van der Waals surface area contributed by atoms with Gasteiger partial charge in [-0.2, -0.15) is 0 Å². The molecule has 1 fully saturated rings. The van der Waals surface area contributed by atoms with Crippen LogP contribution in [0.4, 0.5) is 4.39 Å². The van der Waals surface area contributed by atoms with Crippen molar-refractivity contribution in [2.24, 2.45) is 11.7 Å². The van der Waals surface area contributed by atoms with Gasteiger partial charge >= 0.3 is 0 Å². The number of benzene rings is 1. The molecule has 1 aliphatic rings. The van der Waals surface area contributed by atoms with Gasteiger partial charge in [0.15, 0.2) is 0 Å². The standard InChI is InChI=1S/C17H23FN2O/c1-20(11-14-4-3-9-21-13-14)12-16-6-7-17(18)10-15(16)5-2-8-19/h6-7,10,14H,3-4,8-9,11-13,19H2,1H3. The summed E-state index contributed by atoms with van der Waals surface area (Å²) in [7, 11) is 2.08. The van der Waals surface area contributed by atoms with Crippen molar-refractivity contribution < 1.29 is 9.13 Å². The van der Waals surface area contributed by atoms with Gasteiger partial charge in [-0.3, -0.25) is 0 Å². The average molecular weight is 290 g/mol. The summed E-state index contributed by atoms with van der Waals surface area (Å²) in [5.41, 5.74) is 7.17. The SMILES string of the molecule is CN(Cc1ccc(F)cc1C#CCN)CC1CCCOC1. The number of ether oxygens (including phenoxy) is 1. The summed E-state index contributed by atoms with van der Waals surface area (Å²) < 4.78 is 18.9. The highest BCUT2D eigenvalue weighted by Gasteiger charge is 2.16. The van der Waals surface area contributed by atoms with Crippen LogP contribution in [-0.4, -0.2) is 38.3 Å². The molecule has 1 saturated heterocycles. The molecule has 1 aromatic rings.